The van der Waals surface area contributed by atoms with Gasteiger partial charge in [-0.25, -0.2) is 0 Å². The molecule has 0 bridgehead atoms. The zero-order chi connectivity index (χ0) is 12.8. The number of anilines is 1. The second kappa shape index (κ2) is 6.22. The van der Waals surface area contributed by atoms with E-state index in [4.69, 9.17) is 5.73 Å². The summed E-state index contributed by atoms with van der Waals surface area (Å²) in [7, 11) is 3.36. The van der Waals surface area contributed by atoms with E-state index >= 15 is 0 Å². The molecule has 1 unspecified atom stereocenters. The SMILES string of the molecule is CNC(=O)CN(C)CC(O)c1ccccc1N. The summed E-state index contributed by atoms with van der Waals surface area (Å²) in [5.41, 5.74) is 7.02. The molecule has 0 aliphatic rings. The van der Waals surface area contributed by atoms with Gasteiger partial charge in [0.2, 0.25) is 5.91 Å². The summed E-state index contributed by atoms with van der Waals surface area (Å²) in [6.07, 6.45) is -0.689. The van der Waals surface area contributed by atoms with Crippen LogP contribution in [0, 0.1) is 0 Å². The molecule has 17 heavy (non-hydrogen) atoms. The first-order valence-corrected chi connectivity index (χ1v) is 5.46. The van der Waals surface area contributed by atoms with E-state index in [0.717, 1.165) is 0 Å². The molecule has 1 atom stereocenters. The molecule has 4 N–H and O–H groups in total. The highest BCUT2D eigenvalue weighted by atomic mass is 16.3. The monoisotopic (exact) mass is 237 g/mol. The Labute approximate surface area is 101 Å². The first kappa shape index (κ1) is 13.5. The molecular formula is C12H19N3O2. The Morgan fingerprint density at radius 1 is 1.53 bits per heavy atom. The van der Waals surface area contributed by atoms with Gasteiger partial charge in [0.1, 0.15) is 0 Å². The fourth-order valence-corrected chi connectivity index (χ4v) is 1.60. The van der Waals surface area contributed by atoms with Crippen LogP contribution in [0.2, 0.25) is 0 Å². The number of carbonyl (C=O) groups excluding carboxylic acids is 1. The summed E-state index contributed by atoms with van der Waals surface area (Å²) >= 11 is 0. The van der Waals surface area contributed by atoms with Crippen molar-refractivity contribution < 1.29 is 9.90 Å². The molecule has 0 radical (unpaired) electrons. The third kappa shape index (κ3) is 4.05. The number of aliphatic hydroxyl groups is 1. The van der Waals surface area contributed by atoms with Gasteiger partial charge in [0.25, 0.3) is 0 Å². The van der Waals surface area contributed by atoms with E-state index in [-0.39, 0.29) is 12.5 Å². The maximum atomic E-state index is 11.1. The molecule has 0 aliphatic heterocycles. The fourth-order valence-electron chi connectivity index (χ4n) is 1.60. The van der Waals surface area contributed by atoms with Gasteiger partial charge in [0.15, 0.2) is 0 Å². The van der Waals surface area contributed by atoms with E-state index < -0.39 is 6.10 Å². The van der Waals surface area contributed by atoms with Crippen molar-refractivity contribution in [2.75, 3.05) is 32.9 Å². The third-order valence-electron chi connectivity index (χ3n) is 2.53. The maximum Gasteiger partial charge on any atom is 0.233 e. The van der Waals surface area contributed by atoms with E-state index in [1.807, 2.05) is 12.1 Å². The highest BCUT2D eigenvalue weighted by Crippen LogP contribution is 2.20. The van der Waals surface area contributed by atoms with Crippen LogP contribution in [0.1, 0.15) is 11.7 Å². The first-order valence-electron chi connectivity index (χ1n) is 5.46. The van der Waals surface area contributed by atoms with E-state index in [1.54, 1.807) is 31.1 Å². The summed E-state index contributed by atoms with van der Waals surface area (Å²) in [4.78, 5) is 12.9. The van der Waals surface area contributed by atoms with Crippen molar-refractivity contribution in [1.29, 1.82) is 0 Å². The third-order valence-corrected chi connectivity index (χ3v) is 2.53. The predicted molar refractivity (Wildman–Crippen MR) is 67.4 cm³/mol. The summed E-state index contributed by atoms with van der Waals surface area (Å²) in [5, 5.41) is 12.5. The average Bonchev–Trinajstić information content (AvgIpc) is 2.29. The van der Waals surface area contributed by atoms with E-state index in [2.05, 4.69) is 5.32 Å². The van der Waals surface area contributed by atoms with Gasteiger partial charge in [-0.15, -0.1) is 0 Å². The maximum absolute atomic E-state index is 11.1. The quantitative estimate of drug-likeness (QED) is 0.629. The highest BCUT2D eigenvalue weighted by Gasteiger charge is 2.14. The number of para-hydroxylation sites is 1. The normalized spacial score (nSPS) is 12.5. The van der Waals surface area contributed by atoms with Crippen LogP contribution in [0.5, 0.6) is 0 Å². The molecule has 0 fully saturated rings. The molecular weight excluding hydrogens is 218 g/mol. The summed E-state index contributed by atoms with van der Waals surface area (Å²) in [6, 6.07) is 7.18. The van der Waals surface area contributed by atoms with E-state index in [1.165, 1.54) is 0 Å². The van der Waals surface area contributed by atoms with Crippen molar-refractivity contribution >= 4 is 11.6 Å². The topological polar surface area (TPSA) is 78.6 Å². The number of nitrogen functional groups attached to an aromatic ring is 1. The van der Waals surface area contributed by atoms with Crippen LogP contribution in [0.4, 0.5) is 5.69 Å². The fraction of sp³-hybridized carbons (Fsp3) is 0.417. The van der Waals surface area contributed by atoms with Gasteiger partial charge in [0, 0.05) is 24.8 Å². The van der Waals surface area contributed by atoms with Crippen molar-refractivity contribution in [2.24, 2.45) is 0 Å². The van der Waals surface area contributed by atoms with Crippen molar-refractivity contribution in [3.63, 3.8) is 0 Å². The number of aliphatic hydroxyl groups excluding tert-OH is 1. The zero-order valence-corrected chi connectivity index (χ0v) is 10.2. The molecule has 5 nitrogen and oxygen atoms in total. The van der Waals surface area contributed by atoms with Crippen molar-refractivity contribution in [1.82, 2.24) is 10.2 Å². The lowest BCUT2D eigenvalue weighted by molar-refractivity contribution is -0.121. The Hall–Kier alpha value is -1.59. The van der Waals surface area contributed by atoms with Gasteiger partial charge in [-0.2, -0.15) is 0 Å². The van der Waals surface area contributed by atoms with Gasteiger partial charge < -0.3 is 16.2 Å². The van der Waals surface area contributed by atoms with Crippen LogP contribution in [0.15, 0.2) is 24.3 Å². The second-order valence-electron chi connectivity index (χ2n) is 4.01. The van der Waals surface area contributed by atoms with Gasteiger partial charge >= 0.3 is 0 Å². The number of hydrogen-bond donors (Lipinski definition) is 3. The summed E-state index contributed by atoms with van der Waals surface area (Å²) in [6.45, 7) is 0.613. The molecule has 1 amide bonds. The lowest BCUT2D eigenvalue weighted by atomic mass is 10.1. The minimum absolute atomic E-state index is 0.0827. The Morgan fingerprint density at radius 3 is 2.76 bits per heavy atom. The highest BCUT2D eigenvalue weighted by molar-refractivity contribution is 5.77. The van der Waals surface area contributed by atoms with Crippen LogP contribution in [0.25, 0.3) is 0 Å². The Kier molecular flexibility index (Phi) is 4.93. The lowest BCUT2D eigenvalue weighted by Gasteiger charge is -2.20. The standard InChI is InChI=1S/C12H19N3O2/c1-14-12(17)8-15(2)7-11(16)9-5-3-4-6-10(9)13/h3-6,11,16H,7-8,13H2,1-2H3,(H,14,17). The van der Waals surface area contributed by atoms with E-state index in [0.29, 0.717) is 17.8 Å². The van der Waals surface area contributed by atoms with Crippen molar-refractivity contribution in [3.8, 4) is 0 Å². The largest absolute Gasteiger partial charge is 0.398 e. The molecule has 94 valence electrons. The second-order valence-corrected chi connectivity index (χ2v) is 4.01. The molecule has 0 aromatic heterocycles. The molecule has 0 heterocycles. The van der Waals surface area contributed by atoms with Gasteiger partial charge in [-0.3, -0.25) is 9.69 Å². The molecule has 0 saturated carbocycles. The van der Waals surface area contributed by atoms with Crippen molar-refractivity contribution in [2.45, 2.75) is 6.10 Å². The van der Waals surface area contributed by atoms with E-state index in [9.17, 15) is 9.90 Å². The molecule has 0 spiro atoms. The van der Waals surface area contributed by atoms with Crippen LogP contribution in [0.3, 0.4) is 0 Å². The molecule has 1 aromatic rings. The predicted octanol–water partition coefficient (Wildman–Crippen LogP) is -0.0200. The first-order chi connectivity index (χ1) is 8.04. The molecule has 1 rings (SSSR count). The minimum atomic E-state index is -0.689. The Morgan fingerprint density at radius 2 is 2.18 bits per heavy atom. The minimum Gasteiger partial charge on any atom is -0.398 e. The molecule has 1 aromatic carbocycles. The Bertz CT molecular complexity index is 382. The van der Waals surface area contributed by atoms with Crippen LogP contribution in [-0.4, -0.2) is 43.1 Å². The lowest BCUT2D eigenvalue weighted by Crippen LogP contribution is -2.35. The number of nitrogens with one attached hydrogen (secondary N) is 1. The number of amides is 1. The molecule has 0 saturated heterocycles. The smallest absolute Gasteiger partial charge is 0.233 e. The van der Waals surface area contributed by atoms with Crippen LogP contribution < -0.4 is 11.1 Å². The number of nitrogens with zero attached hydrogens (tertiary/aromatic N) is 1. The van der Waals surface area contributed by atoms with Crippen molar-refractivity contribution in [3.05, 3.63) is 29.8 Å². The number of benzene rings is 1. The molecule has 0 aliphatic carbocycles. The summed E-state index contributed by atoms with van der Waals surface area (Å²) < 4.78 is 0. The number of carbonyl (C=O) groups is 1. The summed E-state index contributed by atoms with van der Waals surface area (Å²) in [5.74, 6) is -0.0827. The van der Waals surface area contributed by atoms with Crippen LogP contribution >= 0.6 is 0 Å². The number of likely N-dealkylation sites (N-methyl/N-ethyl adjacent to an activating group) is 2. The van der Waals surface area contributed by atoms with Gasteiger partial charge in [-0.05, 0) is 13.1 Å². The van der Waals surface area contributed by atoms with Crippen LogP contribution in [-0.2, 0) is 4.79 Å². The van der Waals surface area contributed by atoms with Gasteiger partial charge in [0.05, 0.1) is 12.6 Å². The average molecular weight is 237 g/mol. The number of nitrogens with two attached hydrogens (primary N) is 1. The Balaban J connectivity index is 2.57. The van der Waals surface area contributed by atoms with Gasteiger partial charge in [-0.1, -0.05) is 18.2 Å². The number of hydrogen-bond acceptors (Lipinski definition) is 4. The molecule has 5 heteroatoms. The zero-order valence-electron chi connectivity index (χ0n) is 10.2. The number of rotatable bonds is 5.